The van der Waals surface area contributed by atoms with Gasteiger partial charge in [0, 0.05) is 45.0 Å². The van der Waals surface area contributed by atoms with E-state index >= 15 is 0 Å². The van der Waals surface area contributed by atoms with Crippen LogP contribution in [0.3, 0.4) is 0 Å². The highest BCUT2D eigenvalue weighted by Gasteiger charge is 2.31. The average Bonchev–Trinajstić information content (AvgIpc) is 2.80. The predicted molar refractivity (Wildman–Crippen MR) is 118 cm³/mol. The molecule has 0 aliphatic carbocycles. The van der Waals surface area contributed by atoms with Crippen LogP contribution in [0.2, 0.25) is 0 Å². The van der Waals surface area contributed by atoms with Crippen LogP contribution in [0.4, 0.5) is 30.2 Å². The summed E-state index contributed by atoms with van der Waals surface area (Å²) in [6.45, 7) is 5.49. The van der Waals surface area contributed by atoms with Crippen molar-refractivity contribution in [3.8, 4) is 0 Å². The maximum atomic E-state index is 13.0. The predicted octanol–water partition coefficient (Wildman–Crippen LogP) is 3.30. The van der Waals surface area contributed by atoms with Gasteiger partial charge in [-0.2, -0.15) is 13.2 Å². The summed E-state index contributed by atoms with van der Waals surface area (Å²) >= 11 is 0. The molecule has 2 aliphatic heterocycles. The van der Waals surface area contributed by atoms with Crippen LogP contribution in [0.5, 0.6) is 0 Å². The lowest BCUT2D eigenvalue weighted by Crippen LogP contribution is -2.48. The molecule has 172 valence electrons. The van der Waals surface area contributed by atoms with Crippen molar-refractivity contribution in [2.45, 2.75) is 6.18 Å². The van der Waals surface area contributed by atoms with Gasteiger partial charge >= 0.3 is 6.18 Å². The Balaban J connectivity index is 1.31. The van der Waals surface area contributed by atoms with E-state index in [1.807, 2.05) is 34.1 Å². The lowest BCUT2D eigenvalue weighted by molar-refractivity contribution is -0.137. The summed E-state index contributed by atoms with van der Waals surface area (Å²) in [5.74, 6) is -0.0989. The number of carbonyl (C=O) groups excluding carboxylic acids is 1. The number of nitrogens with zero attached hydrogens (tertiary/aromatic N) is 3. The number of alkyl halides is 3. The summed E-state index contributed by atoms with van der Waals surface area (Å²) in [7, 11) is 0. The second-order valence-electron chi connectivity index (χ2n) is 7.98. The van der Waals surface area contributed by atoms with Crippen molar-refractivity contribution >= 4 is 23.0 Å². The first-order chi connectivity index (χ1) is 15.4. The summed E-state index contributed by atoms with van der Waals surface area (Å²) in [5.41, 5.74) is 1.68. The highest BCUT2D eigenvalue weighted by molar-refractivity contribution is 5.95. The van der Waals surface area contributed by atoms with E-state index in [-0.39, 0.29) is 12.5 Å². The summed E-state index contributed by atoms with van der Waals surface area (Å²) in [6, 6.07) is 13.1. The highest BCUT2D eigenvalue weighted by Crippen LogP contribution is 2.32. The molecule has 0 atom stereocenters. The molecule has 9 heteroatoms. The van der Waals surface area contributed by atoms with E-state index in [1.165, 1.54) is 12.1 Å². The normalized spacial score (nSPS) is 18.0. The Morgan fingerprint density at radius 1 is 0.906 bits per heavy atom. The first kappa shape index (κ1) is 22.4. The van der Waals surface area contributed by atoms with Gasteiger partial charge in [-0.1, -0.05) is 18.2 Å². The zero-order valence-electron chi connectivity index (χ0n) is 17.8. The number of carbonyl (C=O) groups is 1. The number of para-hydroxylation sites is 2. The third-order valence-electron chi connectivity index (χ3n) is 5.81. The van der Waals surface area contributed by atoms with E-state index in [2.05, 4.69) is 10.2 Å². The minimum Gasteiger partial charge on any atom is -0.378 e. The smallest absolute Gasteiger partial charge is 0.378 e. The molecule has 0 bridgehead atoms. The van der Waals surface area contributed by atoms with Gasteiger partial charge in [-0.05, 0) is 30.3 Å². The summed E-state index contributed by atoms with van der Waals surface area (Å²) in [5, 5.41) is 3.02. The number of rotatable bonds is 5. The molecule has 2 heterocycles. The van der Waals surface area contributed by atoms with E-state index in [1.54, 1.807) is 6.07 Å². The van der Waals surface area contributed by atoms with Crippen LogP contribution in [-0.2, 0) is 15.7 Å². The van der Waals surface area contributed by atoms with Gasteiger partial charge in [-0.25, -0.2) is 0 Å². The first-order valence-corrected chi connectivity index (χ1v) is 10.8. The molecular weight excluding hydrogens is 421 g/mol. The topological polar surface area (TPSA) is 48.1 Å². The van der Waals surface area contributed by atoms with Gasteiger partial charge in [0.15, 0.2) is 0 Å². The zero-order chi connectivity index (χ0) is 22.6. The fourth-order valence-corrected chi connectivity index (χ4v) is 4.10. The number of nitrogens with one attached hydrogen (secondary N) is 1. The molecule has 2 fully saturated rings. The van der Waals surface area contributed by atoms with Crippen molar-refractivity contribution in [1.82, 2.24) is 4.90 Å². The number of anilines is 3. The van der Waals surface area contributed by atoms with Crippen LogP contribution < -0.4 is 15.1 Å². The van der Waals surface area contributed by atoms with Crippen LogP contribution >= 0.6 is 0 Å². The average molecular weight is 448 g/mol. The molecule has 1 N–H and O–H groups in total. The minimum atomic E-state index is -4.35. The molecule has 1 amide bonds. The van der Waals surface area contributed by atoms with Gasteiger partial charge in [-0.15, -0.1) is 0 Å². The van der Waals surface area contributed by atoms with Gasteiger partial charge in [0.05, 0.1) is 36.7 Å². The second kappa shape index (κ2) is 9.79. The monoisotopic (exact) mass is 448 g/mol. The number of benzene rings is 2. The van der Waals surface area contributed by atoms with E-state index in [9.17, 15) is 18.0 Å². The Kier molecular flexibility index (Phi) is 6.86. The SMILES string of the molecule is O=C(CN1CCN(c2cccc(C(F)(F)F)c2)CC1)Nc1ccccc1N1CCOCC1. The molecule has 2 aromatic carbocycles. The third-order valence-corrected chi connectivity index (χ3v) is 5.81. The number of hydrogen-bond acceptors (Lipinski definition) is 5. The van der Waals surface area contributed by atoms with Crippen molar-refractivity contribution < 1.29 is 22.7 Å². The molecular formula is C23H27F3N4O2. The van der Waals surface area contributed by atoms with E-state index in [4.69, 9.17) is 4.74 Å². The van der Waals surface area contributed by atoms with Crippen molar-refractivity contribution in [1.29, 1.82) is 0 Å². The lowest BCUT2D eigenvalue weighted by Gasteiger charge is -2.36. The summed E-state index contributed by atoms with van der Waals surface area (Å²) < 4.78 is 44.4. The van der Waals surface area contributed by atoms with Crippen LogP contribution in [-0.4, -0.2) is 69.8 Å². The fraction of sp³-hybridized carbons (Fsp3) is 0.435. The number of ether oxygens (including phenoxy) is 1. The van der Waals surface area contributed by atoms with Gasteiger partial charge < -0.3 is 19.9 Å². The molecule has 32 heavy (non-hydrogen) atoms. The van der Waals surface area contributed by atoms with Gasteiger partial charge in [0.25, 0.3) is 0 Å². The van der Waals surface area contributed by atoms with Gasteiger partial charge in [0.1, 0.15) is 0 Å². The third kappa shape index (κ3) is 5.52. The zero-order valence-corrected chi connectivity index (χ0v) is 17.8. The molecule has 0 aromatic heterocycles. The van der Waals surface area contributed by atoms with Crippen LogP contribution in [0.25, 0.3) is 0 Å². The molecule has 2 aromatic rings. The molecule has 0 saturated carbocycles. The largest absolute Gasteiger partial charge is 0.416 e. The maximum Gasteiger partial charge on any atom is 0.416 e. The second-order valence-corrected chi connectivity index (χ2v) is 7.98. The van der Waals surface area contributed by atoms with Crippen molar-refractivity contribution in [2.75, 3.05) is 74.1 Å². The number of hydrogen-bond donors (Lipinski definition) is 1. The molecule has 0 spiro atoms. The molecule has 0 unspecified atom stereocenters. The maximum absolute atomic E-state index is 13.0. The molecule has 2 aliphatic rings. The minimum absolute atomic E-state index is 0.0989. The Bertz CT molecular complexity index is 923. The molecule has 4 rings (SSSR count). The van der Waals surface area contributed by atoms with E-state index in [0.717, 1.165) is 30.5 Å². The van der Waals surface area contributed by atoms with Gasteiger partial charge in [-0.3, -0.25) is 9.69 Å². The van der Waals surface area contributed by atoms with Crippen molar-refractivity contribution in [3.05, 3.63) is 54.1 Å². The molecule has 2 saturated heterocycles. The quantitative estimate of drug-likeness (QED) is 0.761. The lowest BCUT2D eigenvalue weighted by atomic mass is 10.1. The highest BCUT2D eigenvalue weighted by atomic mass is 19.4. The first-order valence-electron chi connectivity index (χ1n) is 10.8. The van der Waals surface area contributed by atoms with E-state index in [0.29, 0.717) is 45.1 Å². The number of morpholine rings is 1. The van der Waals surface area contributed by atoms with Crippen LogP contribution in [0.1, 0.15) is 5.56 Å². The van der Waals surface area contributed by atoms with Gasteiger partial charge in [0.2, 0.25) is 5.91 Å². The van der Waals surface area contributed by atoms with Crippen LogP contribution in [0, 0.1) is 0 Å². The Hall–Kier alpha value is -2.78. The fourth-order valence-electron chi connectivity index (χ4n) is 4.10. The van der Waals surface area contributed by atoms with Crippen molar-refractivity contribution in [3.63, 3.8) is 0 Å². The molecule has 6 nitrogen and oxygen atoms in total. The Labute approximate surface area is 185 Å². The number of piperazine rings is 1. The summed E-state index contributed by atoms with van der Waals surface area (Å²) in [6.07, 6.45) is -4.35. The Morgan fingerprint density at radius 3 is 2.34 bits per heavy atom. The number of halogens is 3. The van der Waals surface area contributed by atoms with Crippen LogP contribution in [0.15, 0.2) is 48.5 Å². The van der Waals surface area contributed by atoms with E-state index < -0.39 is 11.7 Å². The standard InChI is InChI=1S/C23H27F3N4O2/c24-23(25,26)18-4-3-5-19(16-18)29-10-8-28(9-11-29)17-22(31)27-20-6-1-2-7-21(20)30-12-14-32-15-13-30/h1-7,16H,8-15,17H2,(H,27,31). The summed E-state index contributed by atoms with van der Waals surface area (Å²) in [4.78, 5) is 18.8. The number of amides is 1. The molecule has 0 radical (unpaired) electrons. The Morgan fingerprint density at radius 2 is 1.62 bits per heavy atom. The van der Waals surface area contributed by atoms with Crippen molar-refractivity contribution in [2.24, 2.45) is 0 Å².